The van der Waals surface area contributed by atoms with E-state index in [1.165, 1.54) is 0 Å². The van der Waals surface area contributed by atoms with E-state index in [0.29, 0.717) is 12.2 Å². The van der Waals surface area contributed by atoms with Crippen molar-refractivity contribution >= 4 is 28.8 Å². The Hall–Kier alpha value is -1.68. The van der Waals surface area contributed by atoms with Gasteiger partial charge in [0.05, 0.1) is 6.61 Å². The van der Waals surface area contributed by atoms with E-state index >= 15 is 0 Å². The van der Waals surface area contributed by atoms with Gasteiger partial charge in [0.2, 0.25) is 0 Å². The van der Waals surface area contributed by atoms with Gasteiger partial charge < -0.3 is 9.84 Å². The number of thiocarbonyl (C=S) groups is 1. The van der Waals surface area contributed by atoms with Crippen LogP contribution < -0.4 is 0 Å². The molecule has 0 saturated carbocycles. The lowest BCUT2D eigenvalue weighted by Gasteiger charge is -2.08. The van der Waals surface area contributed by atoms with Crippen LogP contribution in [0, 0.1) is 0 Å². The Balaban J connectivity index is 3.07. The van der Waals surface area contributed by atoms with E-state index in [-0.39, 0.29) is 5.05 Å². The maximum absolute atomic E-state index is 10.7. The van der Waals surface area contributed by atoms with E-state index in [9.17, 15) is 4.79 Å². The predicted octanol–water partition coefficient (Wildman–Crippen LogP) is 2.52. The molecule has 0 spiro atoms. The first-order valence-electron chi connectivity index (χ1n) is 4.82. The van der Waals surface area contributed by atoms with Gasteiger partial charge in [-0.25, -0.2) is 4.79 Å². The molecule has 1 N–H and O–H groups in total. The van der Waals surface area contributed by atoms with Crippen LogP contribution in [0.1, 0.15) is 12.5 Å². The number of aliphatic carboxylic acids is 1. The zero-order valence-corrected chi connectivity index (χ0v) is 9.66. The second-order valence-corrected chi connectivity index (χ2v) is 3.35. The first-order chi connectivity index (χ1) is 7.65. The Bertz CT molecular complexity index is 410. The average Bonchev–Trinajstić information content (AvgIpc) is 2.27. The minimum absolute atomic E-state index is 0.205. The zero-order valence-electron chi connectivity index (χ0n) is 8.84. The van der Waals surface area contributed by atoms with Crippen LogP contribution in [0.15, 0.2) is 36.4 Å². The molecule has 1 aromatic carbocycles. The van der Waals surface area contributed by atoms with Gasteiger partial charge in [-0.15, -0.1) is 0 Å². The van der Waals surface area contributed by atoms with Crippen LogP contribution >= 0.6 is 12.2 Å². The molecule has 0 saturated heterocycles. The van der Waals surface area contributed by atoms with Gasteiger partial charge in [-0.3, -0.25) is 0 Å². The molecule has 0 heterocycles. The summed E-state index contributed by atoms with van der Waals surface area (Å²) in [6.45, 7) is 2.22. The van der Waals surface area contributed by atoms with Crippen molar-refractivity contribution in [3.8, 4) is 0 Å². The van der Waals surface area contributed by atoms with Crippen molar-refractivity contribution in [2.24, 2.45) is 0 Å². The van der Waals surface area contributed by atoms with E-state index in [1.807, 2.05) is 18.2 Å². The summed E-state index contributed by atoms with van der Waals surface area (Å²) in [6.07, 6.45) is 1.06. The van der Waals surface area contributed by atoms with E-state index in [2.05, 4.69) is 0 Å². The fraction of sp³-hybridized carbons (Fsp3) is 0.167. The number of carboxylic acid groups (broad SMARTS) is 1. The van der Waals surface area contributed by atoms with Crippen molar-refractivity contribution < 1.29 is 14.6 Å². The second kappa shape index (κ2) is 6.02. The Morgan fingerprint density at radius 3 is 2.56 bits per heavy atom. The summed E-state index contributed by atoms with van der Waals surface area (Å²) in [7, 11) is 0. The Morgan fingerprint density at radius 1 is 1.44 bits per heavy atom. The Morgan fingerprint density at radius 2 is 2.06 bits per heavy atom. The number of benzene rings is 1. The molecule has 3 nitrogen and oxygen atoms in total. The largest absolute Gasteiger partial charge is 0.483 e. The number of hydrogen-bond donors (Lipinski definition) is 1. The highest BCUT2D eigenvalue weighted by Crippen LogP contribution is 2.16. The number of carboxylic acids is 1. The number of hydrogen-bond acceptors (Lipinski definition) is 3. The first kappa shape index (κ1) is 12.4. The van der Waals surface area contributed by atoms with Crippen LogP contribution in [0.4, 0.5) is 0 Å². The van der Waals surface area contributed by atoms with Gasteiger partial charge in [-0.1, -0.05) is 30.3 Å². The number of carbonyl (C=O) groups is 1. The molecular formula is C12H12O3S. The van der Waals surface area contributed by atoms with E-state index in [4.69, 9.17) is 22.1 Å². The van der Waals surface area contributed by atoms with Crippen molar-refractivity contribution in [1.82, 2.24) is 0 Å². The maximum atomic E-state index is 10.7. The van der Waals surface area contributed by atoms with Gasteiger partial charge in [-0.05, 0) is 24.7 Å². The zero-order chi connectivity index (χ0) is 12.0. The third-order valence-corrected chi connectivity index (χ3v) is 2.19. The van der Waals surface area contributed by atoms with Crippen LogP contribution in [0.3, 0.4) is 0 Å². The van der Waals surface area contributed by atoms with Crippen LogP contribution in [0.25, 0.3) is 5.57 Å². The summed E-state index contributed by atoms with van der Waals surface area (Å²) in [5.74, 6) is -1.04. The predicted molar refractivity (Wildman–Crippen MR) is 66.3 cm³/mol. The lowest BCUT2D eigenvalue weighted by molar-refractivity contribution is -0.131. The topological polar surface area (TPSA) is 46.5 Å². The molecule has 0 aromatic heterocycles. The standard InChI is InChI=1S/C12H12O3S/c1-2-15-12(16)10(8-11(13)14)9-6-4-3-5-7-9/h3-8H,2H2,1H3,(H,13,14)/b10-8-. The van der Waals surface area contributed by atoms with E-state index in [0.717, 1.165) is 11.6 Å². The normalized spacial score (nSPS) is 10.9. The van der Waals surface area contributed by atoms with Gasteiger partial charge in [0.1, 0.15) is 0 Å². The lowest BCUT2D eigenvalue weighted by Crippen LogP contribution is -2.06. The Kier molecular flexibility index (Phi) is 4.66. The SMILES string of the molecule is CCOC(=S)/C(=C\C(=O)O)c1ccccc1. The van der Waals surface area contributed by atoms with Gasteiger partial charge in [0.15, 0.2) is 5.05 Å². The van der Waals surface area contributed by atoms with Gasteiger partial charge in [-0.2, -0.15) is 0 Å². The minimum atomic E-state index is -1.04. The van der Waals surface area contributed by atoms with Crippen LogP contribution in [0.5, 0.6) is 0 Å². The molecule has 0 aliphatic carbocycles. The summed E-state index contributed by atoms with van der Waals surface area (Å²) in [6, 6.07) is 9.07. The molecule has 0 fully saturated rings. The molecule has 1 aromatic rings. The van der Waals surface area contributed by atoms with Crippen molar-refractivity contribution in [2.45, 2.75) is 6.92 Å². The third-order valence-electron chi connectivity index (χ3n) is 1.85. The highest BCUT2D eigenvalue weighted by Gasteiger charge is 2.10. The minimum Gasteiger partial charge on any atom is -0.483 e. The smallest absolute Gasteiger partial charge is 0.329 e. The van der Waals surface area contributed by atoms with Crippen molar-refractivity contribution in [3.63, 3.8) is 0 Å². The third kappa shape index (κ3) is 3.47. The van der Waals surface area contributed by atoms with Gasteiger partial charge in [0.25, 0.3) is 0 Å². The van der Waals surface area contributed by atoms with Gasteiger partial charge >= 0.3 is 5.97 Å². The van der Waals surface area contributed by atoms with Crippen LogP contribution in [-0.2, 0) is 9.53 Å². The van der Waals surface area contributed by atoms with Crippen LogP contribution in [-0.4, -0.2) is 22.7 Å². The van der Waals surface area contributed by atoms with E-state index < -0.39 is 5.97 Å². The maximum Gasteiger partial charge on any atom is 0.329 e. The van der Waals surface area contributed by atoms with Crippen molar-refractivity contribution in [3.05, 3.63) is 42.0 Å². The monoisotopic (exact) mass is 236 g/mol. The van der Waals surface area contributed by atoms with Crippen LogP contribution in [0.2, 0.25) is 0 Å². The van der Waals surface area contributed by atoms with E-state index in [1.54, 1.807) is 19.1 Å². The first-order valence-corrected chi connectivity index (χ1v) is 5.23. The van der Waals surface area contributed by atoms with Crippen molar-refractivity contribution in [1.29, 1.82) is 0 Å². The second-order valence-electron chi connectivity index (χ2n) is 2.98. The quantitative estimate of drug-likeness (QED) is 0.644. The molecule has 0 atom stereocenters. The molecule has 0 amide bonds. The lowest BCUT2D eigenvalue weighted by atomic mass is 10.1. The summed E-state index contributed by atoms with van der Waals surface area (Å²) >= 11 is 5.02. The molecule has 16 heavy (non-hydrogen) atoms. The highest BCUT2D eigenvalue weighted by atomic mass is 32.1. The summed E-state index contributed by atoms with van der Waals surface area (Å²) in [5.41, 5.74) is 1.16. The highest BCUT2D eigenvalue weighted by molar-refractivity contribution is 7.81. The molecule has 1 rings (SSSR count). The fourth-order valence-electron chi connectivity index (χ4n) is 1.21. The molecule has 84 valence electrons. The molecule has 0 bridgehead atoms. The number of ether oxygens (including phenoxy) is 1. The number of rotatable bonds is 4. The molecule has 0 radical (unpaired) electrons. The summed E-state index contributed by atoms with van der Waals surface area (Å²) in [4.78, 5) is 10.7. The van der Waals surface area contributed by atoms with Crippen molar-refractivity contribution in [2.75, 3.05) is 6.61 Å². The Labute approximate surface area is 99.4 Å². The fourth-order valence-corrected chi connectivity index (χ4v) is 1.50. The summed E-state index contributed by atoms with van der Waals surface area (Å²) in [5, 5.41) is 8.98. The molecule has 0 aliphatic heterocycles. The van der Waals surface area contributed by atoms with Gasteiger partial charge in [0, 0.05) is 11.6 Å². The molecule has 4 heteroatoms. The average molecular weight is 236 g/mol. The molecule has 0 aliphatic rings. The molecule has 0 unspecified atom stereocenters. The molecular weight excluding hydrogens is 224 g/mol. The summed E-state index contributed by atoms with van der Waals surface area (Å²) < 4.78 is 5.16.